The molecule has 0 aliphatic carbocycles. The molecule has 0 atom stereocenters. The van der Waals surface area contributed by atoms with Crippen LogP contribution in [-0.2, 0) is 0 Å². The van der Waals surface area contributed by atoms with Crippen LogP contribution in [0.1, 0.15) is 10.4 Å². The first-order chi connectivity index (χ1) is 9.63. The summed E-state index contributed by atoms with van der Waals surface area (Å²) in [5.74, 6) is -0.190. The number of aromatic amines is 1. The fourth-order valence-electron chi connectivity index (χ4n) is 1.98. The summed E-state index contributed by atoms with van der Waals surface area (Å²) in [4.78, 5) is 19.4. The van der Waals surface area contributed by atoms with Crippen LogP contribution in [0.4, 0.5) is 11.4 Å². The van der Waals surface area contributed by atoms with Gasteiger partial charge in [0.25, 0.3) is 5.91 Å². The molecule has 6 heteroatoms. The molecule has 0 fully saturated rings. The molecule has 1 amide bonds. The number of pyridine rings is 1. The van der Waals surface area contributed by atoms with Crippen molar-refractivity contribution in [3.05, 3.63) is 52.9 Å². The summed E-state index contributed by atoms with van der Waals surface area (Å²) in [5, 5.41) is 3.64. The average molecular weight is 331 g/mol. The molecule has 1 aromatic carbocycles. The molecule has 0 unspecified atom stereocenters. The molecule has 20 heavy (non-hydrogen) atoms. The topological polar surface area (TPSA) is 83.8 Å². The summed E-state index contributed by atoms with van der Waals surface area (Å²) in [6, 6.07) is 8.95. The highest BCUT2D eigenvalue weighted by molar-refractivity contribution is 9.10. The van der Waals surface area contributed by atoms with E-state index in [1.807, 2.05) is 6.07 Å². The molecular formula is C14H11BrN4O. The van der Waals surface area contributed by atoms with Gasteiger partial charge in [-0.2, -0.15) is 0 Å². The summed E-state index contributed by atoms with van der Waals surface area (Å²) in [6.45, 7) is 0. The van der Waals surface area contributed by atoms with Gasteiger partial charge in [-0.05, 0) is 46.3 Å². The predicted molar refractivity (Wildman–Crippen MR) is 82.6 cm³/mol. The lowest BCUT2D eigenvalue weighted by molar-refractivity contribution is 0.102. The largest absolute Gasteiger partial charge is 0.399 e. The maximum Gasteiger partial charge on any atom is 0.257 e. The van der Waals surface area contributed by atoms with E-state index in [0.29, 0.717) is 16.9 Å². The molecule has 0 bridgehead atoms. The first-order valence-electron chi connectivity index (χ1n) is 5.93. The second-order valence-electron chi connectivity index (χ2n) is 4.33. The maximum absolute atomic E-state index is 12.3. The summed E-state index contributed by atoms with van der Waals surface area (Å²) in [6.07, 6.45) is 3.26. The molecule has 100 valence electrons. The highest BCUT2D eigenvalue weighted by atomic mass is 79.9. The van der Waals surface area contributed by atoms with E-state index in [0.717, 1.165) is 15.5 Å². The zero-order valence-corrected chi connectivity index (χ0v) is 11.9. The van der Waals surface area contributed by atoms with Crippen LogP contribution in [0, 0.1) is 0 Å². The number of hydrogen-bond donors (Lipinski definition) is 3. The zero-order valence-electron chi connectivity index (χ0n) is 10.4. The summed E-state index contributed by atoms with van der Waals surface area (Å²) >= 11 is 3.25. The van der Waals surface area contributed by atoms with E-state index in [1.54, 1.807) is 36.7 Å². The van der Waals surface area contributed by atoms with Gasteiger partial charge in [-0.25, -0.2) is 4.98 Å². The fourth-order valence-corrected chi connectivity index (χ4v) is 2.21. The number of carbonyl (C=O) groups is 1. The quantitative estimate of drug-likeness (QED) is 0.498. The van der Waals surface area contributed by atoms with E-state index < -0.39 is 0 Å². The minimum Gasteiger partial charge on any atom is -0.399 e. The average Bonchev–Trinajstić information content (AvgIpc) is 2.84. The Morgan fingerprint density at radius 2 is 2.15 bits per heavy atom. The molecule has 0 radical (unpaired) electrons. The monoisotopic (exact) mass is 330 g/mol. The van der Waals surface area contributed by atoms with Crippen molar-refractivity contribution in [2.24, 2.45) is 0 Å². The molecule has 5 nitrogen and oxygen atoms in total. The molecule has 4 N–H and O–H groups in total. The van der Waals surface area contributed by atoms with Gasteiger partial charge in [-0.15, -0.1) is 0 Å². The first-order valence-corrected chi connectivity index (χ1v) is 6.72. The number of halogens is 1. The SMILES string of the molecule is Nc1ccc2c(C(=O)Nc3ccc(Br)nc3)c[nH]c2c1. The number of anilines is 2. The number of aromatic nitrogens is 2. The number of nitrogen functional groups attached to an aromatic ring is 1. The van der Waals surface area contributed by atoms with Gasteiger partial charge in [0.05, 0.1) is 17.4 Å². The summed E-state index contributed by atoms with van der Waals surface area (Å²) < 4.78 is 0.720. The van der Waals surface area contributed by atoms with Crippen LogP contribution in [-0.4, -0.2) is 15.9 Å². The third-order valence-electron chi connectivity index (χ3n) is 2.94. The number of hydrogen-bond acceptors (Lipinski definition) is 3. The van der Waals surface area contributed by atoms with Crippen LogP contribution >= 0.6 is 15.9 Å². The number of nitrogens with zero attached hydrogens (tertiary/aromatic N) is 1. The van der Waals surface area contributed by atoms with Gasteiger partial charge < -0.3 is 16.0 Å². The number of benzene rings is 1. The standard InChI is InChI=1S/C14H11BrN4O/c15-13-4-2-9(6-18-13)19-14(20)11-7-17-12-5-8(16)1-3-10(11)12/h1-7,17H,16H2,(H,19,20). The van der Waals surface area contributed by atoms with Crippen molar-refractivity contribution in [1.82, 2.24) is 9.97 Å². The Bertz CT molecular complexity index is 779. The molecule has 0 saturated carbocycles. The number of fused-ring (bicyclic) bond motifs is 1. The number of amides is 1. The van der Waals surface area contributed by atoms with Crippen LogP contribution < -0.4 is 11.1 Å². The minimum atomic E-state index is -0.190. The van der Waals surface area contributed by atoms with Gasteiger partial charge in [0, 0.05) is 22.8 Å². The molecule has 0 spiro atoms. The van der Waals surface area contributed by atoms with Crippen molar-refractivity contribution in [2.45, 2.75) is 0 Å². The van der Waals surface area contributed by atoms with E-state index in [2.05, 4.69) is 31.2 Å². The molecule has 0 aliphatic heterocycles. The molecule has 0 aliphatic rings. The lowest BCUT2D eigenvalue weighted by Crippen LogP contribution is -2.11. The number of nitrogens with two attached hydrogens (primary N) is 1. The van der Waals surface area contributed by atoms with Crippen molar-refractivity contribution >= 4 is 44.1 Å². The van der Waals surface area contributed by atoms with Gasteiger partial charge in [0.1, 0.15) is 4.60 Å². The fraction of sp³-hybridized carbons (Fsp3) is 0. The van der Waals surface area contributed by atoms with Crippen molar-refractivity contribution in [3.63, 3.8) is 0 Å². The molecule has 2 heterocycles. The van der Waals surface area contributed by atoms with E-state index in [1.165, 1.54) is 0 Å². The number of nitrogens with one attached hydrogen (secondary N) is 2. The Balaban J connectivity index is 1.91. The van der Waals surface area contributed by atoms with Crippen LogP contribution in [0.5, 0.6) is 0 Å². The first kappa shape index (κ1) is 12.7. The number of carbonyl (C=O) groups excluding carboxylic acids is 1. The highest BCUT2D eigenvalue weighted by Gasteiger charge is 2.12. The zero-order chi connectivity index (χ0) is 14.1. The molecule has 3 rings (SSSR count). The Hall–Kier alpha value is -2.34. The van der Waals surface area contributed by atoms with E-state index in [4.69, 9.17) is 5.73 Å². The van der Waals surface area contributed by atoms with Crippen molar-refractivity contribution in [3.8, 4) is 0 Å². The van der Waals surface area contributed by atoms with Crippen molar-refractivity contribution in [2.75, 3.05) is 11.1 Å². The second-order valence-corrected chi connectivity index (χ2v) is 5.14. The van der Waals surface area contributed by atoms with Gasteiger partial charge in [-0.1, -0.05) is 0 Å². The molecule has 0 saturated heterocycles. The third-order valence-corrected chi connectivity index (χ3v) is 3.40. The van der Waals surface area contributed by atoms with Crippen molar-refractivity contribution < 1.29 is 4.79 Å². The van der Waals surface area contributed by atoms with Crippen LogP contribution in [0.2, 0.25) is 0 Å². The summed E-state index contributed by atoms with van der Waals surface area (Å²) in [5.41, 5.74) is 8.42. The van der Waals surface area contributed by atoms with Gasteiger partial charge in [0.2, 0.25) is 0 Å². The Labute approximate surface area is 123 Å². The van der Waals surface area contributed by atoms with Gasteiger partial charge >= 0.3 is 0 Å². The minimum absolute atomic E-state index is 0.190. The molecular weight excluding hydrogens is 320 g/mol. The molecule has 2 aromatic heterocycles. The van der Waals surface area contributed by atoms with Crippen LogP contribution in [0.25, 0.3) is 10.9 Å². The summed E-state index contributed by atoms with van der Waals surface area (Å²) in [7, 11) is 0. The predicted octanol–water partition coefficient (Wildman–Crippen LogP) is 3.16. The normalized spacial score (nSPS) is 10.7. The number of rotatable bonds is 2. The Morgan fingerprint density at radius 1 is 1.30 bits per heavy atom. The molecule has 3 aromatic rings. The third kappa shape index (κ3) is 2.37. The van der Waals surface area contributed by atoms with E-state index >= 15 is 0 Å². The van der Waals surface area contributed by atoms with Crippen molar-refractivity contribution in [1.29, 1.82) is 0 Å². The van der Waals surface area contributed by atoms with Gasteiger partial charge in [0.15, 0.2) is 0 Å². The smallest absolute Gasteiger partial charge is 0.257 e. The maximum atomic E-state index is 12.3. The second kappa shape index (κ2) is 4.97. The Kier molecular flexibility index (Phi) is 3.15. The lowest BCUT2D eigenvalue weighted by Gasteiger charge is -2.04. The van der Waals surface area contributed by atoms with E-state index in [9.17, 15) is 4.79 Å². The highest BCUT2D eigenvalue weighted by Crippen LogP contribution is 2.21. The van der Waals surface area contributed by atoms with Gasteiger partial charge in [-0.3, -0.25) is 4.79 Å². The lowest BCUT2D eigenvalue weighted by atomic mass is 10.1. The number of H-pyrrole nitrogens is 1. The van der Waals surface area contributed by atoms with Crippen LogP contribution in [0.15, 0.2) is 47.3 Å². The Morgan fingerprint density at radius 3 is 2.90 bits per heavy atom. The van der Waals surface area contributed by atoms with Crippen LogP contribution in [0.3, 0.4) is 0 Å². The van der Waals surface area contributed by atoms with E-state index in [-0.39, 0.29) is 5.91 Å².